The number of nitrogens with zero attached hydrogens (tertiary/aromatic N) is 4. The van der Waals surface area contributed by atoms with Crippen LogP contribution in [0.3, 0.4) is 0 Å². The first kappa shape index (κ1) is 20.8. The van der Waals surface area contributed by atoms with Crippen molar-refractivity contribution in [2.45, 2.75) is 0 Å². The molecule has 0 aliphatic carbocycles. The molecular weight excluding hydrogens is 434 g/mol. The minimum absolute atomic E-state index is 0.232. The molecule has 3 N–H and O–H groups in total. The fraction of sp³-hybridized carbons (Fsp3) is 0. The third-order valence-corrected chi connectivity index (χ3v) is 5.05. The Balaban J connectivity index is 1.27. The number of benzene rings is 3. The number of aromatic nitrogens is 3. The Morgan fingerprint density at radius 2 is 1.65 bits per heavy atom. The Kier molecular flexibility index (Phi) is 5.41. The molecule has 0 radical (unpaired) electrons. The standard InChI is InChI=1S/C25H17N5O4/c31-21-10-3-15(12-22(21)32)14-27-28-23(33)16-4-6-17(7-5-16)24-29-30-25(34-24)19-8-9-20-18(13-19)2-1-11-26-20/h1-14,31-32H,(H,28,33)/b27-14+. The number of hydrazone groups is 1. The minimum Gasteiger partial charge on any atom is -0.504 e. The van der Waals surface area contributed by atoms with Crippen LogP contribution in [0.2, 0.25) is 0 Å². The molecule has 9 heteroatoms. The quantitative estimate of drug-likeness (QED) is 0.208. The molecule has 0 atom stereocenters. The highest BCUT2D eigenvalue weighted by molar-refractivity contribution is 5.95. The lowest BCUT2D eigenvalue weighted by Gasteiger charge is -2.02. The van der Waals surface area contributed by atoms with Crippen LogP contribution in [0.4, 0.5) is 0 Å². The lowest BCUT2D eigenvalue weighted by Crippen LogP contribution is -2.17. The van der Waals surface area contributed by atoms with E-state index in [0.717, 1.165) is 16.5 Å². The number of phenolic OH excluding ortho intramolecular Hbond substituents is 2. The first-order valence-corrected chi connectivity index (χ1v) is 10.2. The number of aromatic hydroxyl groups is 2. The molecule has 34 heavy (non-hydrogen) atoms. The second-order valence-corrected chi connectivity index (χ2v) is 7.35. The topological polar surface area (TPSA) is 134 Å². The van der Waals surface area contributed by atoms with E-state index < -0.39 is 5.91 Å². The number of hydrogen-bond donors (Lipinski definition) is 3. The monoisotopic (exact) mass is 451 g/mol. The first-order chi connectivity index (χ1) is 16.6. The van der Waals surface area contributed by atoms with E-state index in [1.165, 1.54) is 18.3 Å². The van der Waals surface area contributed by atoms with Crippen molar-refractivity contribution in [2.24, 2.45) is 5.10 Å². The highest BCUT2D eigenvalue weighted by Crippen LogP contribution is 2.26. The number of hydrogen-bond acceptors (Lipinski definition) is 8. The maximum absolute atomic E-state index is 12.3. The lowest BCUT2D eigenvalue weighted by molar-refractivity contribution is 0.0955. The second kappa shape index (κ2) is 8.83. The van der Waals surface area contributed by atoms with Crippen molar-refractivity contribution in [1.82, 2.24) is 20.6 Å². The van der Waals surface area contributed by atoms with Gasteiger partial charge in [0, 0.05) is 28.3 Å². The highest BCUT2D eigenvalue weighted by Gasteiger charge is 2.12. The Morgan fingerprint density at radius 1 is 0.882 bits per heavy atom. The number of phenols is 2. The zero-order chi connectivity index (χ0) is 23.5. The van der Waals surface area contributed by atoms with Gasteiger partial charge in [-0.25, -0.2) is 5.43 Å². The molecular formula is C25H17N5O4. The van der Waals surface area contributed by atoms with Gasteiger partial charge in [-0.15, -0.1) is 10.2 Å². The van der Waals surface area contributed by atoms with Crippen LogP contribution in [0, 0.1) is 0 Å². The molecule has 0 saturated heterocycles. The molecule has 9 nitrogen and oxygen atoms in total. The maximum Gasteiger partial charge on any atom is 0.271 e. The summed E-state index contributed by atoms with van der Waals surface area (Å²) in [4.78, 5) is 16.6. The molecule has 0 aliphatic rings. The minimum atomic E-state index is -0.415. The summed E-state index contributed by atoms with van der Waals surface area (Å²) in [6.45, 7) is 0. The fourth-order valence-electron chi connectivity index (χ4n) is 3.28. The van der Waals surface area contributed by atoms with Gasteiger partial charge in [0.15, 0.2) is 11.5 Å². The molecule has 2 aromatic heterocycles. The fourth-order valence-corrected chi connectivity index (χ4v) is 3.28. The van der Waals surface area contributed by atoms with Crippen LogP contribution in [0.1, 0.15) is 15.9 Å². The average molecular weight is 451 g/mol. The molecule has 0 unspecified atom stereocenters. The van der Waals surface area contributed by atoms with Crippen molar-refractivity contribution in [3.63, 3.8) is 0 Å². The van der Waals surface area contributed by atoms with Gasteiger partial charge in [0.25, 0.3) is 5.91 Å². The number of pyridine rings is 1. The van der Waals surface area contributed by atoms with Crippen LogP contribution >= 0.6 is 0 Å². The molecule has 0 bridgehead atoms. The summed E-state index contributed by atoms with van der Waals surface area (Å²) in [6, 6.07) is 20.4. The number of carbonyl (C=O) groups excluding carboxylic acids is 1. The van der Waals surface area contributed by atoms with E-state index >= 15 is 0 Å². The summed E-state index contributed by atoms with van der Waals surface area (Å²) in [6.07, 6.45) is 3.10. The summed E-state index contributed by atoms with van der Waals surface area (Å²) in [5.74, 6) is -0.200. The third kappa shape index (κ3) is 4.30. The van der Waals surface area contributed by atoms with E-state index in [1.54, 1.807) is 36.5 Å². The van der Waals surface area contributed by atoms with Crippen molar-refractivity contribution < 1.29 is 19.4 Å². The van der Waals surface area contributed by atoms with Crippen molar-refractivity contribution in [3.05, 3.63) is 90.1 Å². The third-order valence-electron chi connectivity index (χ3n) is 5.05. The molecule has 0 aliphatic heterocycles. The van der Waals surface area contributed by atoms with Gasteiger partial charge in [-0.2, -0.15) is 5.10 Å². The maximum atomic E-state index is 12.3. The molecule has 5 rings (SSSR count). The molecule has 5 aromatic rings. The van der Waals surface area contributed by atoms with Crippen LogP contribution in [0.15, 0.2) is 88.5 Å². The summed E-state index contributed by atoms with van der Waals surface area (Å²) in [5, 5.41) is 31.9. The Hall–Kier alpha value is -5.05. The van der Waals surface area contributed by atoms with E-state index in [9.17, 15) is 15.0 Å². The van der Waals surface area contributed by atoms with Gasteiger partial charge in [0.2, 0.25) is 11.8 Å². The van der Waals surface area contributed by atoms with E-state index in [0.29, 0.717) is 28.5 Å². The Labute approximate surface area is 193 Å². The zero-order valence-electron chi connectivity index (χ0n) is 17.6. The predicted molar refractivity (Wildman–Crippen MR) is 125 cm³/mol. The second-order valence-electron chi connectivity index (χ2n) is 7.35. The average Bonchev–Trinajstić information content (AvgIpc) is 3.36. The van der Waals surface area contributed by atoms with Gasteiger partial charge in [0.1, 0.15) is 0 Å². The Morgan fingerprint density at radius 3 is 2.44 bits per heavy atom. The van der Waals surface area contributed by atoms with Crippen molar-refractivity contribution in [3.8, 4) is 34.4 Å². The van der Waals surface area contributed by atoms with E-state index in [-0.39, 0.29) is 11.5 Å². The van der Waals surface area contributed by atoms with Crippen molar-refractivity contribution >= 4 is 23.0 Å². The zero-order valence-corrected chi connectivity index (χ0v) is 17.6. The van der Waals surface area contributed by atoms with Crippen LogP contribution in [-0.4, -0.2) is 37.5 Å². The highest BCUT2D eigenvalue weighted by atomic mass is 16.4. The summed E-state index contributed by atoms with van der Waals surface area (Å²) in [7, 11) is 0. The van der Waals surface area contributed by atoms with Crippen molar-refractivity contribution in [2.75, 3.05) is 0 Å². The lowest BCUT2D eigenvalue weighted by atomic mass is 10.1. The van der Waals surface area contributed by atoms with Gasteiger partial charge >= 0.3 is 0 Å². The molecule has 0 saturated carbocycles. The molecule has 1 amide bonds. The predicted octanol–water partition coefficient (Wildman–Crippen LogP) is 4.13. The number of nitrogens with one attached hydrogen (secondary N) is 1. The summed E-state index contributed by atoms with van der Waals surface area (Å²) < 4.78 is 5.83. The van der Waals surface area contributed by atoms with Gasteiger partial charge < -0.3 is 14.6 Å². The first-order valence-electron chi connectivity index (χ1n) is 10.2. The van der Waals surface area contributed by atoms with E-state index in [4.69, 9.17) is 4.42 Å². The van der Waals surface area contributed by atoms with Crippen LogP contribution in [0.25, 0.3) is 33.8 Å². The number of fused-ring (bicyclic) bond motifs is 1. The van der Waals surface area contributed by atoms with Crippen LogP contribution in [-0.2, 0) is 0 Å². The SMILES string of the molecule is O=C(N/N=C/c1ccc(O)c(O)c1)c1ccc(-c2nnc(-c3ccc4ncccc4c3)o2)cc1. The Bertz CT molecular complexity index is 1530. The number of amides is 1. The summed E-state index contributed by atoms with van der Waals surface area (Å²) in [5.41, 5.74) is 5.65. The number of rotatable bonds is 5. The molecule has 2 heterocycles. The van der Waals surface area contributed by atoms with E-state index in [1.807, 2.05) is 30.3 Å². The van der Waals surface area contributed by atoms with Gasteiger partial charge in [0.05, 0.1) is 11.7 Å². The van der Waals surface area contributed by atoms with Crippen molar-refractivity contribution in [1.29, 1.82) is 0 Å². The van der Waals surface area contributed by atoms with Gasteiger partial charge in [-0.1, -0.05) is 6.07 Å². The molecule has 0 spiro atoms. The molecule has 166 valence electrons. The molecule has 0 fully saturated rings. The van der Waals surface area contributed by atoms with E-state index in [2.05, 4.69) is 25.7 Å². The van der Waals surface area contributed by atoms with Crippen LogP contribution < -0.4 is 5.43 Å². The molecule has 3 aromatic carbocycles. The number of carbonyl (C=O) groups is 1. The van der Waals surface area contributed by atoms with Crippen LogP contribution in [0.5, 0.6) is 11.5 Å². The normalized spacial score (nSPS) is 11.2. The largest absolute Gasteiger partial charge is 0.504 e. The smallest absolute Gasteiger partial charge is 0.271 e. The van der Waals surface area contributed by atoms with Gasteiger partial charge in [-0.05, 0) is 72.3 Å². The van der Waals surface area contributed by atoms with Gasteiger partial charge in [-0.3, -0.25) is 9.78 Å². The summed E-state index contributed by atoms with van der Waals surface area (Å²) >= 11 is 0.